The minimum absolute atomic E-state index is 0.0194. The summed E-state index contributed by atoms with van der Waals surface area (Å²) in [6.07, 6.45) is 0. The maximum Gasteiger partial charge on any atom is 0.200 e. The molecule has 124 valence electrons. The van der Waals surface area contributed by atoms with Crippen LogP contribution in [0.1, 0.15) is 50.5 Å². The highest BCUT2D eigenvalue weighted by atomic mass is 79.9. The zero-order chi connectivity index (χ0) is 18.2. The van der Waals surface area contributed by atoms with Crippen LogP contribution in [0.25, 0.3) is 0 Å². The summed E-state index contributed by atoms with van der Waals surface area (Å²) in [7, 11) is 0. The molecule has 0 bridgehead atoms. The predicted molar refractivity (Wildman–Crippen MR) is 95.1 cm³/mol. The third-order valence-electron chi connectivity index (χ3n) is 3.40. The summed E-state index contributed by atoms with van der Waals surface area (Å²) in [5.41, 5.74) is -0.349. The van der Waals surface area contributed by atoms with Crippen LogP contribution in [-0.2, 0) is 0 Å². The molecule has 0 amide bonds. The lowest BCUT2D eigenvalue weighted by molar-refractivity contribution is 0.100. The zero-order valence-corrected chi connectivity index (χ0v) is 15.9. The van der Waals surface area contributed by atoms with E-state index in [-0.39, 0.29) is 22.3 Å². The summed E-state index contributed by atoms with van der Waals surface area (Å²) in [5, 5.41) is 20.5. The number of aromatic hydroxyl groups is 2. The Morgan fingerprint density at radius 2 is 1.00 bits per heavy atom. The molecular weight excluding hydrogens is 444 g/mol. The van der Waals surface area contributed by atoms with Crippen molar-refractivity contribution in [2.45, 2.75) is 13.8 Å². The smallest absolute Gasteiger partial charge is 0.200 e. The highest BCUT2D eigenvalue weighted by molar-refractivity contribution is 9.10. The number of Topliss-reactive ketones (excluding diaryl/α,β-unsaturated/α-hetero) is 2. The normalized spacial score (nSPS) is 10.5. The molecular formula is C17H12Br2O5. The van der Waals surface area contributed by atoms with Crippen molar-refractivity contribution in [1.29, 1.82) is 0 Å². The molecule has 2 aromatic carbocycles. The van der Waals surface area contributed by atoms with Gasteiger partial charge in [-0.1, -0.05) is 31.9 Å². The Morgan fingerprint density at radius 1 is 0.708 bits per heavy atom. The molecule has 0 aliphatic carbocycles. The third-order valence-corrected chi connectivity index (χ3v) is 4.31. The van der Waals surface area contributed by atoms with Gasteiger partial charge in [-0.3, -0.25) is 14.4 Å². The average Bonchev–Trinajstić information content (AvgIpc) is 2.49. The number of carbonyl (C=O) groups excluding carboxylic acids is 3. The Bertz CT molecular complexity index is 816. The van der Waals surface area contributed by atoms with Gasteiger partial charge in [-0.2, -0.15) is 0 Å². The SMILES string of the molecule is CC(=O)c1cc(Br)cc(C(=O)c2cc(Br)cc(C(C)=O)c2O)c1O. The van der Waals surface area contributed by atoms with Gasteiger partial charge < -0.3 is 10.2 Å². The van der Waals surface area contributed by atoms with Crippen molar-refractivity contribution in [3.05, 3.63) is 55.5 Å². The van der Waals surface area contributed by atoms with Crippen LogP contribution >= 0.6 is 31.9 Å². The first kappa shape index (κ1) is 18.4. The van der Waals surface area contributed by atoms with Gasteiger partial charge in [0.05, 0.1) is 22.3 Å². The highest BCUT2D eigenvalue weighted by Gasteiger charge is 2.24. The van der Waals surface area contributed by atoms with Gasteiger partial charge in [0.25, 0.3) is 0 Å². The first-order valence-electron chi connectivity index (χ1n) is 6.75. The molecule has 7 heteroatoms. The number of phenolic OH excluding ortho intramolecular Hbond substituents is 2. The van der Waals surface area contributed by atoms with Crippen molar-refractivity contribution in [2.75, 3.05) is 0 Å². The van der Waals surface area contributed by atoms with Gasteiger partial charge in [-0.05, 0) is 38.1 Å². The summed E-state index contributed by atoms with van der Waals surface area (Å²) in [5.74, 6) is -2.48. The average molecular weight is 456 g/mol. The molecule has 5 nitrogen and oxygen atoms in total. The number of benzene rings is 2. The second kappa shape index (κ2) is 6.86. The Kier molecular flexibility index (Phi) is 5.25. The third kappa shape index (κ3) is 3.42. The fraction of sp³-hybridized carbons (Fsp3) is 0.118. The molecule has 0 atom stereocenters. The van der Waals surface area contributed by atoms with E-state index < -0.39 is 28.8 Å². The maximum atomic E-state index is 12.8. The topological polar surface area (TPSA) is 91.7 Å². The number of rotatable bonds is 4. The zero-order valence-electron chi connectivity index (χ0n) is 12.7. The number of hydrogen-bond donors (Lipinski definition) is 2. The number of carbonyl (C=O) groups is 3. The van der Waals surface area contributed by atoms with Crippen molar-refractivity contribution in [3.8, 4) is 11.5 Å². The lowest BCUT2D eigenvalue weighted by Crippen LogP contribution is -2.07. The monoisotopic (exact) mass is 454 g/mol. The van der Waals surface area contributed by atoms with Gasteiger partial charge in [0.15, 0.2) is 11.6 Å². The molecule has 0 radical (unpaired) electrons. The second-order valence-corrected chi connectivity index (χ2v) is 6.97. The molecule has 2 N–H and O–H groups in total. The number of halogens is 2. The molecule has 0 heterocycles. The van der Waals surface area contributed by atoms with E-state index in [4.69, 9.17) is 0 Å². The standard InChI is InChI=1S/C17H12Br2O5/c1-7(20)11-3-9(18)5-13(15(11)22)17(24)14-6-10(19)4-12(8(2)21)16(14)23/h3-6,22-23H,1-2H3. The van der Waals surface area contributed by atoms with Crippen LogP contribution < -0.4 is 0 Å². The molecule has 0 saturated heterocycles. The summed E-state index contributed by atoms with van der Waals surface area (Å²) in [6, 6.07) is 5.49. The van der Waals surface area contributed by atoms with Gasteiger partial charge >= 0.3 is 0 Å². The fourth-order valence-corrected chi connectivity index (χ4v) is 3.14. The molecule has 0 unspecified atom stereocenters. The van der Waals surface area contributed by atoms with Crippen LogP contribution in [0.15, 0.2) is 33.2 Å². The second-order valence-electron chi connectivity index (χ2n) is 5.14. The van der Waals surface area contributed by atoms with E-state index in [1.165, 1.54) is 38.1 Å². The van der Waals surface area contributed by atoms with Crippen molar-refractivity contribution in [3.63, 3.8) is 0 Å². The van der Waals surface area contributed by atoms with Gasteiger partial charge in [-0.15, -0.1) is 0 Å². The summed E-state index contributed by atoms with van der Waals surface area (Å²) in [6.45, 7) is 2.53. The van der Waals surface area contributed by atoms with Gasteiger partial charge in [0, 0.05) is 8.95 Å². The molecule has 0 fully saturated rings. The van der Waals surface area contributed by atoms with E-state index in [9.17, 15) is 24.6 Å². The van der Waals surface area contributed by atoms with Crippen molar-refractivity contribution < 1.29 is 24.6 Å². The molecule has 24 heavy (non-hydrogen) atoms. The lowest BCUT2D eigenvalue weighted by atomic mass is 9.96. The molecule has 0 spiro atoms. The van der Waals surface area contributed by atoms with Crippen LogP contribution in [0.5, 0.6) is 11.5 Å². The first-order chi connectivity index (χ1) is 11.1. The van der Waals surface area contributed by atoms with Gasteiger partial charge in [0.1, 0.15) is 11.5 Å². The molecule has 2 rings (SSSR count). The number of ketones is 3. The Balaban J connectivity index is 2.71. The Hall–Kier alpha value is -1.99. The van der Waals surface area contributed by atoms with Crippen LogP contribution in [0.3, 0.4) is 0 Å². The highest BCUT2D eigenvalue weighted by Crippen LogP contribution is 2.34. The van der Waals surface area contributed by atoms with Gasteiger partial charge in [0.2, 0.25) is 5.78 Å². The molecule has 2 aromatic rings. The van der Waals surface area contributed by atoms with Crippen LogP contribution in [0.2, 0.25) is 0 Å². The van der Waals surface area contributed by atoms with Crippen LogP contribution in [-0.4, -0.2) is 27.6 Å². The minimum atomic E-state index is -0.711. The molecule has 0 aliphatic heterocycles. The largest absolute Gasteiger partial charge is 0.506 e. The van der Waals surface area contributed by atoms with E-state index >= 15 is 0 Å². The molecule has 0 aromatic heterocycles. The van der Waals surface area contributed by atoms with Crippen LogP contribution in [0, 0.1) is 0 Å². The van der Waals surface area contributed by atoms with Crippen molar-refractivity contribution in [2.24, 2.45) is 0 Å². The van der Waals surface area contributed by atoms with Crippen molar-refractivity contribution in [1.82, 2.24) is 0 Å². The number of phenols is 2. The maximum absolute atomic E-state index is 12.8. The van der Waals surface area contributed by atoms with E-state index in [1.807, 2.05) is 0 Å². The molecule has 0 aliphatic rings. The summed E-state index contributed by atoms with van der Waals surface area (Å²) < 4.78 is 0.852. The Morgan fingerprint density at radius 3 is 1.29 bits per heavy atom. The van der Waals surface area contributed by atoms with E-state index in [0.29, 0.717) is 8.95 Å². The Labute approximate surface area is 154 Å². The minimum Gasteiger partial charge on any atom is -0.506 e. The summed E-state index contributed by atoms with van der Waals surface area (Å²) >= 11 is 6.37. The van der Waals surface area contributed by atoms with E-state index in [1.54, 1.807) is 0 Å². The summed E-state index contributed by atoms with van der Waals surface area (Å²) in [4.78, 5) is 36.0. The number of hydrogen-bond acceptors (Lipinski definition) is 5. The first-order valence-corrected chi connectivity index (χ1v) is 8.33. The van der Waals surface area contributed by atoms with Crippen molar-refractivity contribution >= 4 is 49.2 Å². The molecule has 0 saturated carbocycles. The van der Waals surface area contributed by atoms with E-state index in [0.717, 1.165) is 0 Å². The van der Waals surface area contributed by atoms with E-state index in [2.05, 4.69) is 31.9 Å². The van der Waals surface area contributed by atoms with Crippen LogP contribution in [0.4, 0.5) is 0 Å². The van der Waals surface area contributed by atoms with Gasteiger partial charge in [-0.25, -0.2) is 0 Å². The fourth-order valence-electron chi connectivity index (χ4n) is 2.23. The quantitative estimate of drug-likeness (QED) is 0.672. The lowest BCUT2D eigenvalue weighted by Gasteiger charge is -2.11. The predicted octanol–water partition coefficient (Wildman–Crippen LogP) is 4.26.